The predicted molar refractivity (Wildman–Crippen MR) is 134 cm³/mol. The maximum atomic E-state index is 13.0. The van der Waals surface area contributed by atoms with Gasteiger partial charge in [-0.15, -0.1) is 0 Å². The van der Waals surface area contributed by atoms with E-state index in [9.17, 15) is 13.2 Å². The third kappa shape index (κ3) is 4.11. The van der Waals surface area contributed by atoms with Gasteiger partial charge >= 0.3 is 0 Å². The van der Waals surface area contributed by atoms with Crippen molar-refractivity contribution in [3.63, 3.8) is 0 Å². The van der Waals surface area contributed by atoms with Gasteiger partial charge < -0.3 is 5.32 Å². The van der Waals surface area contributed by atoms with Crippen LogP contribution in [0, 0.1) is 13.8 Å². The van der Waals surface area contributed by atoms with Gasteiger partial charge in [0.15, 0.2) is 0 Å². The number of hydrogen-bond donors (Lipinski definition) is 1. The van der Waals surface area contributed by atoms with E-state index in [1.54, 1.807) is 17.8 Å². The van der Waals surface area contributed by atoms with Crippen molar-refractivity contribution in [2.24, 2.45) is 0 Å². The van der Waals surface area contributed by atoms with Gasteiger partial charge in [0, 0.05) is 24.7 Å². The van der Waals surface area contributed by atoms with E-state index in [0.717, 1.165) is 28.6 Å². The number of nitrogens with zero attached hydrogens (tertiary/aromatic N) is 4. The van der Waals surface area contributed by atoms with Gasteiger partial charge in [0.25, 0.3) is 5.91 Å². The van der Waals surface area contributed by atoms with Gasteiger partial charge in [0.2, 0.25) is 15.2 Å². The lowest BCUT2D eigenvalue weighted by atomic mass is 10.2. The summed E-state index contributed by atoms with van der Waals surface area (Å²) in [6, 6.07) is 11.5. The second-order valence-corrected chi connectivity index (χ2v) is 11.7. The molecular formula is C23H22ClN5O3S2. The Bertz CT molecular complexity index is 1480. The number of benzene rings is 2. The van der Waals surface area contributed by atoms with Crippen LogP contribution >= 0.6 is 22.9 Å². The third-order valence-corrected chi connectivity index (χ3v) is 9.21. The summed E-state index contributed by atoms with van der Waals surface area (Å²) in [6.45, 7) is 3.79. The first-order valence-corrected chi connectivity index (χ1v) is 13.3. The molecule has 1 fully saturated rings. The molecule has 1 aliphatic carbocycles. The van der Waals surface area contributed by atoms with Crippen molar-refractivity contribution in [2.45, 2.75) is 37.6 Å². The molecule has 5 rings (SSSR count). The molecule has 0 spiro atoms. The molecule has 176 valence electrons. The van der Waals surface area contributed by atoms with Gasteiger partial charge in [0.1, 0.15) is 5.82 Å². The summed E-state index contributed by atoms with van der Waals surface area (Å²) in [5, 5.41) is 8.55. The van der Waals surface area contributed by atoms with Crippen molar-refractivity contribution in [2.75, 3.05) is 12.4 Å². The number of sulfonamides is 1. The van der Waals surface area contributed by atoms with Crippen LogP contribution in [0.2, 0.25) is 5.02 Å². The maximum absolute atomic E-state index is 13.0. The van der Waals surface area contributed by atoms with Gasteiger partial charge in [-0.2, -0.15) is 14.1 Å². The molecular weight excluding hydrogens is 494 g/mol. The fraction of sp³-hybridized carbons (Fsp3) is 0.261. The fourth-order valence-electron chi connectivity index (χ4n) is 3.68. The molecule has 1 N–H and O–H groups in total. The monoisotopic (exact) mass is 515 g/mol. The van der Waals surface area contributed by atoms with Crippen molar-refractivity contribution in [3.05, 3.63) is 64.3 Å². The molecule has 2 heterocycles. The molecule has 1 aliphatic rings. The number of thiazole rings is 1. The van der Waals surface area contributed by atoms with E-state index < -0.39 is 10.0 Å². The van der Waals surface area contributed by atoms with Gasteiger partial charge in [-0.05, 0) is 62.6 Å². The van der Waals surface area contributed by atoms with Crippen LogP contribution in [0.15, 0.2) is 47.4 Å². The van der Waals surface area contributed by atoms with E-state index in [1.807, 2.05) is 26.0 Å². The molecule has 0 radical (unpaired) electrons. The first-order chi connectivity index (χ1) is 16.1. The van der Waals surface area contributed by atoms with Crippen molar-refractivity contribution < 1.29 is 13.2 Å². The zero-order valence-corrected chi connectivity index (χ0v) is 21.1. The minimum atomic E-state index is -3.57. The number of aromatic nitrogens is 3. The van der Waals surface area contributed by atoms with Crippen LogP contribution in [0.3, 0.4) is 0 Å². The number of carbonyl (C=O) groups excluding carboxylic acids is 1. The highest BCUT2D eigenvalue weighted by Crippen LogP contribution is 2.34. The lowest BCUT2D eigenvalue weighted by Gasteiger charge is -2.16. The smallest absolute Gasteiger partial charge is 0.256 e. The molecule has 4 aromatic rings. The normalized spacial score (nSPS) is 14.1. The minimum Gasteiger partial charge on any atom is -0.306 e. The first kappa shape index (κ1) is 23.0. The van der Waals surface area contributed by atoms with E-state index in [0.29, 0.717) is 27.2 Å². The number of fused-ring (bicyclic) bond motifs is 1. The minimum absolute atomic E-state index is 0.0673. The SMILES string of the molecule is Cc1cc(NC(=O)c2ccc(S(=O)(=O)N(C)C3CC3)cc2)n(-c2nc3c(C)ccc(Cl)c3s2)n1. The highest BCUT2D eigenvalue weighted by molar-refractivity contribution is 7.89. The van der Waals surface area contributed by atoms with Crippen LogP contribution < -0.4 is 5.32 Å². The van der Waals surface area contributed by atoms with Crippen molar-refractivity contribution in [3.8, 4) is 5.13 Å². The summed E-state index contributed by atoms with van der Waals surface area (Å²) >= 11 is 7.74. The number of hydrogen-bond acceptors (Lipinski definition) is 6. The van der Waals surface area contributed by atoms with Crippen LogP contribution in [0.25, 0.3) is 15.3 Å². The van der Waals surface area contributed by atoms with E-state index in [1.165, 1.54) is 39.9 Å². The number of aryl methyl sites for hydroxylation is 2. The Kier molecular flexibility index (Phi) is 5.71. The molecule has 0 saturated heterocycles. The molecule has 0 bridgehead atoms. The second-order valence-electron chi connectivity index (χ2n) is 8.35. The Morgan fingerprint density at radius 3 is 2.53 bits per heavy atom. The number of amides is 1. The Balaban J connectivity index is 1.41. The summed E-state index contributed by atoms with van der Waals surface area (Å²) in [4.78, 5) is 17.8. The summed E-state index contributed by atoms with van der Waals surface area (Å²) in [5.41, 5.74) is 2.84. The van der Waals surface area contributed by atoms with E-state index >= 15 is 0 Å². The lowest BCUT2D eigenvalue weighted by molar-refractivity contribution is 0.102. The topological polar surface area (TPSA) is 97.2 Å². The molecule has 1 saturated carbocycles. The highest BCUT2D eigenvalue weighted by atomic mass is 35.5. The number of nitrogens with one attached hydrogen (secondary N) is 1. The molecule has 1 amide bonds. The Morgan fingerprint density at radius 2 is 1.88 bits per heavy atom. The van der Waals surface area contributed by atoms with Gasteiger partial charge in [-0.1, -0.05) is 29.0 Å². The fourth-order valence-corrected chi connectivity index (χ4v) is 6.38. The van der Waals surface area contributed by atoms with E-state index in [4.69, 9.17) is 11.6 Å². The van der Waals surface area contributed by atoms with Crippen LogP contribution in [-0.4, -0.2) is 46.5 Å². The molecule has 0 atom stereocenters. The molecule has 11 heteroatoms. The molecule has 34 heavy (non-hydrogen) atoms. The number of anilines is 1. The zero-order chi connectivity index (χ0) is 24.2. The predicted octanol–water partition coefficient (Wildman–Crippen LogP) is 4.79. The third-order valence-electron chi connectivity index (χ3n) is 5.79. The number of carbonyl (C=O) groups is 1. The van der Waals surface area contributed by atoms with Crippen LogP contribution in [0.4, 0.5) is 5.82 Å². The van der Waals surface area contributed by atoms with Crippen LogP contribution in [0.1, 0.15) is 34.5 Å². The first-order valence-electron chi connectivity index (χ1n) is 10.7. The Morgan fingerprint density at radius 1 is 1.18 bits per heavy atom. The van der Waals surface area contributed by atoms with Gasteiger partial charge in [0.05, 0.1) is 25.8 Å². The van der Waals surface area contributed by atoms with Crippen LogP contribution in [-0.2, 0) is 10.0 Å². The van der Waals surface area contributed by atoms with Gasteiger partial charge in [-0.3, -0.25) is 4.79 Å². The molecule has 2 aromatic heterocycles. The van der Waals surface area contributed by atoms with Gasteiger partial charge in [-0.25, -0.2) is 13.4 Å². The van der Waals surface area contributed by atoms with Crippen molar-refractivity contribution >= 4 is 54.9 Å². The summed E-state index contributed by atoms with van der Waals surface area (Å²) in [5.74, 6) is 0.0801. The Hall–Kier alpha value is -2.79. The summed E-state index contributed by atoms with van der Waals surface area (Å²) in [6.07, 6.45) is 1.76. The lowest BCUT2D eigenvalue weighted by Crippen LogP contribution is -2.29. The second kappa shape index (κ2) is 8.46. The molecule has 8 nitrogen and oxygen atoms in total. The maximum Gasteiger partial charge on any atom is 0.256 e. The quantitative estimate of drug-likeness (QED) is 0.398. The molecule has 0 unspecified atom stereocenters. The average molecular weight is 516 g/mol. The zero-order valence-electron chi connectivity index (χ0n) is 18.7. The summed E-state index contributed by atoms with van der Waals surface area (Å²) in [7, 11) is -1.98. The molecule has 0 aliphatic heterocycles. The molecule has 2 aromatic carbocycles. The average Bonchev–Trinajstić information content (AvgIpc) is 3.45. The highest BCUT2D eigenvalue weighted by Gasteiger charge is 2.35. The van der Waals surface area contributed by atoms with Crippen LogP contribution in [0.5, 0.6) is 0 Å². The van der Waals surface area contributed by atoms with Crippen molar-refractivity contribution in [1.82, 2.24) is 19.1 Å². The largest absolute Gasteiger partial charge is 0.306 e. The number of rotatable bonds is 6. The van der Waals surface area contributed by atoms with E-state index in [2.05, 4.69) is 15.4 Å². The van der Waals surface area contributed by atoms with E-state index in [-0.39, 0.29) is 16.8 Å². The Labute approximate surface area is 206 Å². The standard InChI is InChI=1S/C23H22ClN5O3S2/c1-13-4-11-18(24)21-20(13)26-23(33-21)29-19(12-14(2)27-29)25-22(30)15-5-9-17(10-6-15)34(31,32)28(3)16-7-8-16/h4-6,9-12,16H,7-8H2,1-3H3,(H,25,30). The summed E-state index contributed by atoms with van der Waals surface area (Å²) < 4.78 is 29.3. The number of halogens is 1. The van der Waals surface area contributed by atoms with Crippen molar-refractivity contribution in [1.29, 1.82) is 0 Å².